The Kier molecular flexibility index (Phi) is 4.42. The lowest BCUT2D eigenvalue weighted by Gasteiger charge is -2.28. The van der Waals surface area contributed by atoms with Gasteiger partial charge in [-0.1, -0.05) is 60.2 Å². The molecule has 0 unspecified atom stereocenters. The molecule has 134 valence electrons. The number of nitrogens with zero attached hydrogens (tertiary/aromatic N) is 1. The van der Waals surface area contributed by atoms with Crippen LogP contribution in [0.2, 0.25) is 0 Å². The van der Waals surface area contributed by atoms with Crippen LogP contribution in [0.1, 0.15) is 17.2 Å². The fourth-order valence-electron chi connectivity index (χ4n) is 3.36. The van der Waals surface area contributed by atoms with E-state index in [1.54, 1.807) is 18.3 Å². The molecule has 2 aromatic carbocycles. The molecule has 0 amide bonds. The summed E-state index contributed by atoms with van der Waals surface area (Å²) in [6, 6.07) is 16.3. The first-order chi connectivity index (χ1) is 12.6. The van der Waals surface area contributed by atoms with Crippen LogP contribution in [-0.4, -0.2) is 25.9 Å². The quantitative estimate of drug-likeness (QED) is 0.775. The van der Waals surface area contributed by atoms with Gasteiger partial charge in [-0.25, -0.2) is 8.42 Å². The number of fused-ring (bicyclic) bond motifs is 1. The van der Waals surface area contributed by atoms with Crippen molar-refractivity contribution in [3.63, 3.8) is 0 Å². The minimum atomic E-state index is -3.69. The normalized spacial score (nSPS) is 22.7. The minimum absolute atomic E-state index is 0.138. The van der Waals surface area contributed by atoms with Crippen molar-refractivity contribution in [2.75, 3.05) is 13.2 Å². The van der Waals surface area contributed by atoms with Crippen molar-refractivity contribution >= 4 is 10.0 Å². The van der Waals surface area contributed by atoms with E-state index in [1.807, 2.05) is 55.5 Å². The van der Waals surface area contributed by atoms with Crippen LogP contribution in [0, 0.1) is 12.8 Å². The first kappa shape index (κ1) is 17.1. The summed E-state index contributed by atoms with van der Waals surface area (Å²) >= 11 is 0. The average molecular weight is 367 g/mol. The molecule has 4 nitrogen and oxygen atoms in total. The van der Waals surface area contributed by atoms with Gasteiger partial charge in [-0.2, -0.15) is 0 Å². The number of ether oxygens (including phenoxy) is 1. The van der Waals surface area contributed by atoms with Crippen molar-refractivity contribution in [1.82, 2.24) is 4.31 Å². The standard InChI is InChI=1S/C21H21NO3S/c1-16-7-10-20(11-8-16)26(23,24)22-13-19-15-25-14-18(19)9-12-21(22)17-5-3-2-4-6-17/h2-13,18,21H,14-15H2,1H3/t18-,21+/m1/s1. The molecule has 2 aromatic rings. The molecule has 4 rings (SSSR count). The zero-order valence-corrected chi connectivity index (χ0v) is 15.4. The highest BCUT2D eigenvalue weighted by molar-refractivity contribution is 7.89. The lowest BCUT2D eigenvalue weighted by atomic mass is 10.0. The number of hydrogen-bond donors (Lipinski definition) is 0. The Hall–Kier alpha value is -2.37. The van der Waals surface area contributed by atoms with E-state index >= 15 is 0 Å². The van der Waals surface area contributed by atoms with E-state index in [2.05, 4.69) is 6.08 Å². The molecule has 0 bridgehead atoms. The molecule has 2 aliphatic rings. The Morgan fingerprint density at radius 2 is 1.73 bits per heavy atom. The molecule has 26 heavy (non-hydrogen) atoms. The van der Waals surface area contributed by atoms with Gasteiger partial charge in [-0.05, 0) is 30.2 Å². The van der Waals surface area contributed by atoms with Crippen molar-refractivity contribution < 1.29 is 13.2 Å². The topological polar surface area (TPSA) is 46.6 Å². The van der Waals surface area contributed by atoms with Crippen LogP contribution >= 0.6 is 0 Å². The van der Waals surface area contributed by atoms with E-state index in [4.69, 9.17) is 4.74 Å². The van der Waals surface area contributed by atoms with Crippen molar-refractivity contribution in [2.24, 2.45) is 5.92 Å². The number of hydrogen-bond acceptors (Lipinski definition) is 3. The monoisotopic (exact) mass is 367 g/mol. The molecule has 5 heteroatoms. The fraction of sp³-hybridized carbons (Fsp3) is 0.238. The SMILES string of the molecule is Cc1ccc(S(=O)(=O)N2C=C3COC[C@H]3C=C[C@H]2c2ccccc2)cc1. The summed E-state index contributed by atoms with van der Waals surface area (Å²) < 4.78 is 33.9. The number of aryl methyl sites for hydroxylation is 1. The molecule has 0 radical (unpaired) electrons. The van der Waals surface area contributed by atoms with Gasteiger partial charge >= 0.3 is 0 Å². The fourth-order valence-corrected chi connectivity index (χ4v) is 4.85. The van der Waals surface area contributed by atoms with Crippen LogP contribution in [0.25, 0.3) is 0 Å². The first-order valence-electron chi connectivity index (χ1n) is 8.67. The summed E-state index contributed by atoms with van der Waals surface area (Å²) in [5, 5.41) is 0. The van der Waals surface area contributed by atoms with Gasteiger partial charge in [0.25, 0.3) is 10.0 Å². The second-order valence-electron chi connectivity index (χ2n) is 6.71. The second kappa shape index (κ2) is 6.74. The second-order valence-corrected chi connectivity index (χ2v) is 8.56. The Balaban J connectivity index is 1.84. The Morgan fingerprint density at radius 1 is 1.00 bits per heavy atom. The van der Waals surface area contributed by atoms with Gasteiger partial charge in [0.15, 0.2) is 0 Å². The molecule has 0 aromatic heterocycles. The lowest BCUT2D eigenvalue weighted by Crippen LogP contribution is -2.29. The molecular formula is C21H21NO3S. The largest absolute Gasteiger partial charge is 0.376 e. The van der Waals surface area contributed by atoms with Crippen LogP contribution < -0.4 is 0 Å². The zero-order chi connectivity index (χ0) is 18.1. The summed E-state index contributed by atoms with van der Waals surface area (Å²) in [5.74, 6) is 0.138. The van der Waals surface area contributed by atoms with Crippen LogP contribution in [0.4, 0.5) is 0 Å². The molecule has 1 saturated heterocycles. The zero-order valence-electron chi connectivity index (χ0n) is 14.6. The van der Waals surface area contributed by atoms with Crippen molar-refractivity contribution in [1.29, 1.82) is 0 Å². The highest BCUT2D eigenvalue weighted by atomic mass is 32.2. The maximum absolute atomic E-state index is 13.4. The van der Waals surface area contributed by atoms with Crippen LogP contribution in [0.5, 0.6) is 0 Å². The third-order valence-electron chi connectivity index (χ3n) is 4.87. The summed E-state index contributed by atoms with van der Waals surface area (Å²) in [6.45, 7) is 3.01. The average Bonchev–Trinajstić information content (AvgIpc) is 3.01. The molecule has 2 atom stereocenters. The number of sulfonamides is 1. The lowest BCUT2D eigenvalue weighted by molar-refractivity contribution is 0.195. The maximum atomic E-state index is 13.4. The molecular weight excluding hydrogens is 346 g/mol. The highest BCUT2D eigenvalue weighted by Crippen LogP contribution is 2.35. The van der Waals surface area contributed by atoms with E-state index in [0.717, 1.165) is 16.7 Å². The van der Waals surface area contributed by atoms with Gasteiger partial charge < -0.3 is 4.74 Å². The molecule has 2 heterocycles. The summed E-state index contributed by atoms with van der Waals surface area (Å²) in [4.78, 5) is 0.298. The molecule has 0 aliphatic carbocycles. The molecule has 2 aliphatic heterocycles. The molecule has 0 N–H and O–H groups in total. The summed E-state index contributed by atoms with van der Waals surface area (Å²) in [6.07, 6.45) is 5.82. The molecule has 0 saturated carbocycles. The van der Waals surface area contributed by atoms with Crippen molar-refractivity contribution in [2.45, 2.75) is 17.9 Å². The van der Waals surface area contributed by atoms with E-state index in [1.165, 1.54) is 4.31 Å². The highest BCUT2D eigenvalue weighted by Gasteiger charge is 2.33. The Bertz CT molecular complexity index is 947. The molecule has 0 spiro atoms. The summed E-state index contributed by atoms with van der Waals surface area (Å²) in [5.41, 5.74) is 2.97. The smallest absolute Gasteiger partial charge is 0.264 e. The third kappa shape index (κ3) is 3.08. The Labute approximate surface area is 154 Å². The Morgan fingerprint density at radius 3 is 2.46 bits per heavy atom. The predicted octanol–water partition coefficient (Wildman–Crippen LogP) is 3.83. The van der Waals surface area contributed by atoms with Crippen molar-refractivity contribution in [3.05, 3.63) is 89.6 Å². The van der Waals surface area contributed by atoms with Crippen LogP contribution in [0.3, 0.4) is 0 Å². The van der Waals surface area contributed by atoms with Crippen LogP contribution in [-0.2, 0) is 14.8 Å². The third-order valence-corrected chi connectivity index (χ3v) is 6.63. The number of rotatable bonds is 3. The van der Waals surface area contributed by atoms with Gasteiger partial charge in [-0.3, -0.25) is 4.31 Å². The van der Waals surface area contributed by atoms with Crippen LogP contribution in [0.15, 0.2) is 83.4 Å². The molecule has 1 fully saturated rings. The van der Waals surface area contributed by atoms with Crippen molar-refractivity contribution in [3.8, 4) is 0 Å². The van der Waals surface area contributed by atoms with Gasteiger partial charge in [0.2, 0.25) is 0 Å². The van der Waals surface area contributed by atoms with Gasteiger partial charge in [-0.15, -0.1) is 0 Å². The van der Waals surface area contributed by atoms with Gasteiger partial charge in [0.05, 0.1) is 24.2 Å². The van der Waals surface area contributed by atoms with E-state index in [-0.39, 0.29) is 12.0 Å². The van der Waals surface area contributed by atoms with E-state index in [0.29, 0.717) is 18.1 Å². The summed E-state index contributed by atoms with van der Waals surface area (Å²) in [7, 11) is -3.69. The van der Waals surface area contributed by atoms with E-state index < -0.39 is 10.0 Å². The van der Waals surface area contributed by atoms with E-state index in [9.17, 15) is 8.42 Å². The van der Waals surface area contributed by atoms with Gasteiger partial charge in [0.1, 0.15) is 0 Å². The number of benzene rings is 2. The predicted molar refractivity (Wildman–Crippen MR) is 101 cm³/mol. The first-order valence-corrected chi connectivity index (χ1v) is 10.1. The maximum Gasteiger partial charge on any atom is 0.264 e. The van der Waals surface area contributed by atoms with Gasteiger partial charge in [0, 0.05) is 12.1 Å². The minimum Gasteiger partial charge on any atom is -0.376 e.